The molecule has 4 aromatic rings. The second-order valence-electron chi connectivity index (χ2n) is 13.8. The largest absolute Gasteiger partial charge is 0.472 e. The lowest BCUT2D eigenvalue weighted by atomic mass is 9.62. The van der Waals surface area contributed by atoms with Crippen molar-refractivity contribution in [3.05, 3.63) is 118 Å². The molecule has 0 N–H and O–H groups in total. The molecule has 2 aliphatic rings. The molecular formula is C37H44N2O3. The van der Waals surface area contributed by atoms with Crippen molar-refractivity contribution in [2.75, 3.05) is 13.1 Å². The lowest BCUT2D eigenvalue weighted by molar-refractivity contribution is 0.0629. The van der Waals surface area contributed by atoms with Crippen LogP contribution in [0.15, 0.2) is 82.0 Å². The number of carbonyl (C=O) groups is 1. The SMILES string of the molecule is Cc1cc2c(cc1Cc1ccc(C(=O)N(Cc3ccoc3)C3CCN(Cc4ccccc4)C3)o1)C(C)(C)CCC2(C)C. The van der Waals surface area contributed by atoms with Crippen molar-refractivity contribution < 1.29 is 13.6 Å². The van der Waals surface area contributed by atoms with E-state index in [1.165, 1.54) is 40.7 Å². The number of rotatable bonds is 8. The average Bonchev–Trinajstić information content (AvgIpc) is 3.74. The molecule has 0 saturated carbocycles. The van der Waals surface area contributed by atoms with Gasteiger partial charge in [0, 0.05) is 44.2 Å². The van der Waals surface area contributed by atoms with E-state index in [4.69, 9.17) is 8.83 Å². The molecule has 0 radical (unpaired) electrons. The Morgan fingerprint density at radius 1 is 0.952 bits per heavy atom. The van der Waals surface area contributed by atoms with E-state index in [9.17, 15) is 4.79 Å². The van der Waals surface area contributed by atoms with Crippen LogP contribution in [-0.2, 0) is 30.3 Å². The van der Waals surface area contributed by atoms with Crippen molar-refractivity contribution >= 4 is 5.91 Å². The number of hydrogen-bond donors (Lipinski definition) is 0. The van der Waals surface area contributed by atoms with E-state index in [0.717, 1.165) is 37.4 Å². The standard InChI is InChI=1S/C37H44N2O3/c1-26-19-32-33(37(4,5)16-15-36(32,2)3)21-29(26)20-31-11-12-34(42-31)35(40)39(23-28-14-18-41-25-28)30-13-17-38(24-30)22-27-9-7-6-8-10-27/h6-12,14,18-19,21,25,30H,13,15-17,20,22-24H2,1-5H3. The van der Waals surface area contributed by atoms with Crippen molar-refractivity contribution in [1.29, 1.82) is 0 Å². The summed E-state index contributed by atoms with van der Waals surface area (Å²) in [7, 11) is 0. The summed E-state index contributed by atoms with van der Waals surface area (Å²) in [5, 5.41) is 0. The normalized spacial score (nSPS) is 19.5. The number of furan rings is 2. The lowest BCUT2D eigenvalue weighted by Gasteiger charge is -2.42. The number of nitrogens with zero attached hydrogens (tertiary/aromatic N) is 2. The van der Waals surface area contributed by atoms with Gasteiger partial charge in [-0.25, -0.2) is 0 Å². The Morgan fingerprint density at radius 2 is 1.69 bits per heavy atom. The smallest absolute Gasteiger partial charge is 0.290 e. The lowest BCUT2D eigenvalue weighted by Crippen LogP contribution is -2.41. The molecule has 1 atom stereocenters. The number of likely N-dealkylation sites (tertiary alicyclic amines) is 1. The number of aryl methyl sites for hydroxylation is 1. The van der Waals surface area contributed by atoms with Crippen molar-refractivity contribution in [3.8, 4) is 0 Å². The maximum Gasteiger partial charge on any atom is 0.290 e. The second-order valence-corrected chi connectivity index (χ2v) is 13.8. The zero-order valence-electron chi connectivity index (χ0n) is 25.8. The summed E-state index contributed by atoms with van der Waals surface area (Å²) >= 11 is 0. The minimum atomic E-state index is -0.0564. The Labute approximate surface area is 250 Å². The monoisotopic (exact) mass is 564 g/mol. The van der Waals surface area contributed by atoms with Gasteiger partial charge in [0.15, 0.2) is 5.76 Å². The van der Waals surface area contributed by atoms with E-state index in [0.29, 0.717) is 18.7 Å². The zero-order chi connectivity index (χ0) is 29.5. The van der Waals surface area contributed by atoms with Crippen LogP contribution in [0.5, 0.6) is 0 Å². The first-order valence-corrected chi connectivity index (χ1v) is 15.4. The van der Waals surface area contributed by atoms with Gasteiger partial charge in [0.1, 0.15) is 5.76 Å². The van der Waals surface area contributed by atoms with E-state index in [-0.39, 0.29) is 22.8 Å². The first-order valence-electron chi connectivity index (χ1n) is 15.4. The van der Waals surface area contributed by atoms with Crippen molar-refractivity contribution in [2.24, 2.45) is 0 Å². The van der Waals surface area contributed by atoms with Gasteiger partial charge in [0.2, 0.25) is 0 Å². The van der Waals surface area contributed by atoms with Crippen LogP contribution in [0.25, 0.3) is 0 Å². The van der Waals surface area contributed by atoms with Crippen LogP contribution in [0.1, 0.15) is 96.7 Å². The highest BCUT2D eigenvalue weighted by Crippen LogP contribution is 2.46. The third-order valence-corrected chi connectivity index (χ3v) is 9.68. The van der Waals surface area contributed by atoms with Crippen LogP contribution in [0, 0.1) is 6.92 Å². The molecule has 1 aliphatic carbocycles. The third kappa shape index (κ3) is 5.85. The molecule has 2 aromatic carbocycles. The van der Waals surface area contributed by atoms with E-state index in [1.54, 1.807) is 12.5 Å². The van der Waals surface area contributed by atoms with Crippen LogP contribution in [0.3, 0.4) is 0 Å². The summed E-state index contributed by atoms with van der Waals surface area (Å²) in [6.07, 6.45) is 7.40. The maximum atomic E-state index is 14.0. The molecule has 0 spiro atoms. The number of carbonyl (C=O) groups excluding carboxylic acids is 1. The molecule has 1 fully saturated rings. The first kappa shape index (κ1) is 28.5. The predicted molar refractivity (Wildman–Crippen MR) is 167 cm³/mol. The summed E-state index contributed by atoms with van der Waals surface area (Å²) in [5.74, 6) is 1.18. The fourth-order valence-electron chi connectivity index (χ4n) is 6.87. The summed E-state index contributed by atoms with van der Waals surface area (Å²) in [4.78, 5) is 18.4. The Morgan fingerprint density at radius 3 is 2.40 bits per heavy atom. The maximum absolute atomic E-state index is 14.0. The van der Waals surface area contributed by atoms with Gasteiger partial charge >= 0.3 is 0 Å². The molecule has 1 aliphatic heterocycles. The Kier molecular flexibility index (Phi) is 7.65. The first-order chi connectivity index (χ1) is 20.1. The zero-order valence-corrected chi connectivity index (χ0v) is 25.8. The molecule has 6 rings (SSSR count). The van der Waals surface area contributed by atoms with Crippen LogP contribution < -0.4 is 0 Å². The number of amides is 1. The van der Waals surface area contributed by atoms with Gasteiger partial charge < -0.3 is 13.7 Å². The number of hydrogen-bond acceptors (Lipinski definition) is 4. The van der Waals surface area contributed by atoms with Crippen molar-refractivity contribution in [3.63, 3.8) is 0 Å². The highest BCUT2D eigenvalue weighted by Gasteiger charge is 2.37. The fourth-order valence-corrected chi connectivity index (χ4v) is 6.87. The number of fused-ring (bicyclic) bond motifs is 1. The summed E-state index contributed by atoms with van der Waals surface area (Å²) < 4.78 is 11.6. The van der Waals surface area contributed by atoms with Gasteiger partial charge in [0.05, 0.1) is 12.5 Å². The molecule has 1 saturated heterocycles. The van der Waals surface area contributed by atoms with Crippen LogP contribution in [-0.4, -0.2) is 34.8 Å². The minimum Gasteiger partial charge on any atom is -0.472 e. The molecule has 5 nitrogen and oxygen atoms in total. The number of benzene rings is 2. The predicted octanol–water partition coefficient (Wildman–Crippen LogP) is 8.04. The van der Waals surface area contributed by atoms with Gasteiger partial charge in [-0.2, -0.15) is 0 Å². The van der Waals surface area contributed by atoms with Crippen molar-refractivity contribution in [1.82, 2.24) is 9.80 Å². The van der Waals surface area contributed by atoms with Gasteiger partial charge in [-0.1, -0.05) is 70.2 Å². The molecule has 0 bridgehead atoms. The van der Waals surface area contributed by atoms with E-state index in [1.807, 2.05) is 29.2 Å². The summed E-state index contributed by atoms with van der Waals surface area (Å²) in [6.45, 7) is 14.9. The summed E-state index contributed by atoms with van der Waals surface area (Å²) in [6, 6.07) is 21.2. The molecule has 1 amide bonds. The van der Waals surface area contributed by atoms with E-state index < -0.39 is 0 Å². The van der Waals surface area contributed by atoms with Gasteiger partial charge in [-0.15, -0.1) is 0 Å². The molecule has 220 valence electrons. The summed E-state index contributed by atoms with van der Waals surface area (Å²) in [5.41, 5.74) is 8.12. The Balaban J connectivity index is 1.21. The van der Waals surface area contributed by atoms with Gasteiger partial charge in [-0.05, 0) is 83.0 Å². The van der Waals surface area contributed by atoms with Crippen LogP contribution in [0.2, 0.25) is 0 Å². The second kappa shape index (κ2) is 11.3. The molecule has 1 unspecified atom stereocenters. The topological polar surface area (TPSA) is 49.8 Å². The molecule has 5 heteroatoms. The minimum absolute atomic E-state index is 0.0564. The van der Waals surface area contributed by atoms with Gasteiger partial charge in [0.25, 0.3) is 5.91 Å². The average molecular weight is 565 g/mol. The highest BCUT2D eigenvalue weighted by molar-refractivity contribution is 5.91. The molecule has 2 aromatic heterocycles. The molecule has 3 heterocycles. The molecule has 42 heavy (non-hydrogen) atoms. The highest BCUT2D eigenvalue weighted by atomic mass is 16.4. The van der Waals surface area contributed by atoms with Crippen LogP contribution >= 0.6 is 0 Å². The fraction of sp³-hybridized carbons (Fsp3) is 0.432. The van der Waals surface area contributed by atoms with E-state index >= 15 is 0 Å². The van der Waals surface area contributed by atoms with Crippen LogP contribution in [0.4, 0.5) is 0 Å². The molecular weight excluding hydrogens is 520 g/mol. The quantitative estimate of drug-likeness (QED) is 0.217. The van der Waals surface area contributed by atoms with Gasteiger partial charge in [-0.3, -0.25) is 9.69 Å². The van der Waals surface area contributed by atoms with E-state index in [2.05, 4.69) is 75.9 Å². The Bertz CT molecular complexity index is 1530. The van der Waals surface area contributed by atoms with Crippen molar-refractivity contribution in [2.45, 2.75) is 90.3 Å². The third-order valence-electron chi connectivity index (χ3n) is 9.68. The Hall–Kier alpha value is -3.57.